The Morgan fingerprint density at radius 1 is 1.03 bits per heavy atom. The molecule has 2 atom stereocenters. The van der Waals surface area contributed by atoms with E-state index in [0.29, 0.717) is 23.8 Å². The zero-order valence-electron chi connectivity index (χ0n) is 16.5. The normalized spacial score (nSPS) is 16.3. The molecule has 7 heteroatoms. The number of carbonyl (C=O) groups excluding carboxylic acids is 2. The Labute approximate surface area is 182 Å². The topological polar surface area (TPSA) is 84.2 Å². The molecule has 1 fully saturated rings. The van der Waals surface area contributed by atoms with Crippen molar-refractivity contribution in [3.63, 3.8) is 0 Å². The van der Waals surface area contributed by atoms with Crippen molar-refractivity contribution in [3.05, 3.63) is 58.3 Å². The molecular weight excluding hydrogens is 406 g/mol. The van der Waals surface area contributed by atoms with Crippen LogP contribution >= 0.6 is 23.7 Å². The van der Waals surface area contributed by atoms with Crippen LogP contribution in [0, 0.1) is 5.92 Å². The van der Waals surface area contributed by atoms with E-state index in [-0.39, 0.29) is 30.3 Å². The summed E-state index contributed by atoms with van der Waals surface area (Å²) in [6.45, 7) is 0.424. The van der Waals surface area contributed by atoms with Gasteiger partial charge in [-0.3, -0.25) is 9.59 Å². The third-order valence-corrected chi connectivity index (χ3v) is 6.32. The first-order chi connectivity index (χ1) is 13.7. The van der Waals surface area contributed by atoms with Crippen LogP contribution in [-0.4, -0.2) is 30.4 Å². The highest BCUT2D eigenvalue weighted by atomic mass is 35.5. The van der Waals surface area contributed by atoms with Crippen LogP contribution in [0.4, 0.5) is 0 Å². The highest BCUT2D eigenvalue weighted by Gasteiger charge is 2.28. The number of nitrogens with two attached hydrogens (primary N) is 1. The lowest BCUT2D eigenvalue weighted by Crippen LogP contribution is -2.54. The molecule has 3 rings (SSSR count). The summed E-state index contributed by atoms with van der Waals surface area (Å²) >= 11 is 1.37. The van der Waals surface area contributed by atoms with Gasteiger partial charge in [0.15, 0.2) is 0 Å². The fourth-order valence-electron chi connectivity index (χ4n) is 3.89. The van der Waals surface area contributed by atoms with Crippen molar-refractivity contribution in [1.82, 2.24) is 10.6 Å². The van der Waals surface area contributed by atoms with Crippen LogP contribution < -0.4 is 16.4 Å². The lowest BCUT2D eigenvalue weighted by Gasteiger charge is -2.31. The zero-order chi connectivity index (χ0) is 19.8. The maximum absolute atomic E-state index is 13.1. The van der Waals surface area contributed by atoms with E-state index in [4.69, 9.17) is 5.73 Å². The van der Waals surface area contributed by atoms with Gasteiger partial charge in [-0.2, -0.15) is 0 Å². The molecule has 0 aliphatic heterocycles. The zero-order valence-corrected chi connectivity index (χ0v) is 18.1. The molecule has 2 amide bonds. The molecular formula is C22H30ClN3O2S. The maximum Gasteiger partial charge on any atom is 0.262 e. The van der Waals surface area contributed by atoms with Crippen LogP contribution in [0.3, 0.4) is 0 Å². The molecule has 0 spiro atoms. The van der Waals surface area contributed by atoms with Gasteiger partial charge in [-0.25, -0.2) is 0 Å². The van der Waals surface area contributed by atoms with E-state index < -0.39 is 6.04 Å². The Kier molecular flexibility index (Phi) is 9.64. The number of rotatable bonds is 8. The number of hydrogen-bond acceptors (Lipinski definition) is 4. The molecule has 4 N–H and O–H groups in total. The van der Waals surface area contributed by atoms with Gasteiger partial charge >= 0.3 is 0 Å². The summed E-state index contributed by atoms with van der Waals surface area (Å²) in [4.78, 5) is 26.3. The second kappa shape index (κ2) is 12.0. The summed E-state index contributed by atoms with van der Waals surface area (Å²) < 4.78 is 0. The Hall–Kier alpha value is -1.89. The van der Waals surface area contributed by atoms with Crippen LogP contribution in [0.15, 0.2) is 47.8 Å². The van der Waals surface area contributed by atoms with Crippen molar-refractivity contribution in [2.24, 2.45) is 11.7 Å². The third-order valence-electron chi connectivity index (χ3n) is 5.45. The maximum atomic E-state index is 13.1. The first kappa shape index (κ1) is 23.4. The summed E-state index contributed by atoms with van der Waals surface area (Å²) in [6, 6.07) is 12.7. The molecule has 1 aromatic heterocycles. The number of carbonyl (C=O) groups is 2. The Balaban J connectivity index is 0.00000300. The standard InChI is InChI=1S/C22H29N3O2S.ClH/c23-15-19(17-10-5-2-6-11-17)25-21(26)18(14-16-8-3-1-4-9-16)24-22(27)20-12-7-13-28-20;/h1,3-4,7-9,12-13,17-19H,2,5-6,10-11,14-15,23H2,(H,24,27)(H,25,26);1H. The fourth-order valence-corrected chi connectivity index (χ4v) is 4.51. The van der Waals surface area contributed by atoms with Crippen molar-refractivity contribution in [2.75, 3.05) is 6.54 Å². The average molecular weight is 436 g/mol. The monoisotopic (exact) mass is 435 g/mol. The van der Waals surface area contributed by atoms with Gasteiger partial charge in [-0.15, -0.1) is 23.7 Å². The molecule has 29 heavy (non-hydrogen) atoms. The Bertz CT molecular complexity index is 749. The van der Waals surface area contributed by atoms with Gasteiger partial charge in [-0.1, -0.05) is 55.7 Å². The van der Waals surface area contributed by atoms with E-state index in [1.54, 1.807) is 6.07 Å². The Morgan fingerprint density at radius 2 is 1.76 bits per heavy atom. The molecule has 2 aromatic rings. The number of nitrogens with one attached hydrogen (secondary N) is 2. The van der Waals surface area contributed by atoms with E-state index in [0.717, 1.165) is 18.4 Å². The van der Waals surface area contributed by atoms with E-state index in [1.165, 1.54) is 30.6 Å². The highest BCUT2D eigenvalue weighted by Crippen LogP contribution is 2.26. The third kappa shape index (κ3) is 6.84. The first-order valence-electron chi connectivity index (χ1n) is 10.1. The summed E-state index contributed by atoms with van der Waals surface area (Å²) in [7, 11) is 0. The van der Waals surface area contributed by atoms with E-state index in [2.05, 4.69) is 10.6 Å². The minimum Gasteiger partial charge on any atom is -0.350 e. The van der Waals surface area contributed by atoms with Gasteiger partial charge in [0.05, 0.1) is 4.88 Å². The van der Waals surface area contributed by atoms with Gasteiger partial charge in [0.25, 0.3) is 5.91 Å². The molecule has 5 nitrogen and oxygen atoms in total. The van der Waals surface area contributed by atoms with Crippen molar-refractivity contribution >= 4 is 35.6 Å². The fraction of sp³-hybridized carbons (Fsp3) is 0.455. The van der Waals surface area contributed by atoms with E-state index >= 15 is 0 Å². The quantitative estimate of drug-likeness (QED) is 0.593. The van der Waals surface area contributed by atoms with Crippen molar-refractivity contribution in [2.45, 2.75) is 50.6 Å². The molecule has 0 radical (unpaired) electrons. The molecule has 0 saturated heterocycles. The molecule has 158 valence electrons. The van der Waals surface area contributed by atoms with Gasteiger partial charge < -0.3 is 16.4 Å². The molecule has 2 unspecified atom stereocenters. The molecule has 1 aliphatic carbocycles. The lowest BCUT2D eigenvalue weighted by molar-refractivity contribution is -0.124. The molecule has 0 bridgehead atoms. The predicted octanol–water partition coefficient (Wildman–Crippen LogP) is 3.53. The predicted molar refractivity (Wildman–Crippen MR) is 121 cm³/mol. The number of halogens is 1. The van der Waals surface area contributed by atoms with E-state index in [9.17, 15) is 9.59 Å². The van der Waals surface area contributed by atoms with Crippen LogP contribution in [0.25, 0.3) is 0 Å². The SMILES string of the molecule is Cl.NCC(NC(=O)C(Cc1ccccc1)NC(=O)c1cccs1)C1CCCCC1. The van der Waals surface area contributed by atoms with Crippen molar-refractivity contribution in [3.8, 4) is 0 Å². The number of amides is 2. The smallest absolute Gasteiger partial charge is 0.262 e. The highest BCUT2D eigenvalue weighted by molar-refractivity contribution is 7.12. The summed E-state index contributed by atoms with van der Waals surface area (Å²) in [6.07, 6.45) is 6.31. The summed E-state index contributed by atoms with van der Waals surface area (Å²) in [5.74, 6) is 0.0518. The Morgan fingerprint density at radius 3 is 2.38 bits per heavy atom. The average Bonchev–Trinajstić information content (AvgIpc) is 3.28. The first-order valence-corrected chi connectivity index (χ1v) is 10.9. The molecule has 1 heterocycles. The minimum atomic E-state index is -0.630. The van der Waals surface area contributed by atoms with Gasteiger partial charge in [-0.05, 0) is 35.8 Å². The second-order valence-electron chi connectivity index (χ2n) is 7.44. The van der Waals surface area contributed by atoms with Crippen LogP contribution in [0.2, 0.25) is 0 Å². The molecule has 1 aromatic carbocycles. The summed E-state index contributed by atoms with van der Waals surface area (Å²) in [5.41, 5.74) is 6.99. The van der Waals surface area contributed by atoms with Gasteiger partial charge in [0, 0.05) is 19.0 Å². The number of thiophene rings is 1. The van der Waals surface area contributed by atoms with Crippen molar-refractivity contribution in [1.29, 1.82) is 0 Å². The minimum absolute atomic E-state index is 0. The van der Waals surface area contributed by atoms with Crippen LogP contribution in [-0.2, 0) is 11.2 Å². The molecule has 1 aliphatic rings. The van der Waals surface area contributed by atoms with Gasteiger partial charge in [0.1, 0.15) is 6.04 Å². The van der Waals surface area contributed by atoms with Gasteiger partial charge in [0.2, 0.25) is 5.91 Å². The molecule has 1 saturated carbocycles. The number of benzene rings is 1. The van der Waals surface area contributed by atoms with Crippen molar-refractivity contribution < 1.29 is 9.59 Å². The van der Waals surface area contributed by atoms with E-state index in [1.807, 2.05) is 41.8 Å². The second-order valence-corrected chi connectivity index (χ2v) is 8.39. The number of hydrogen-bond donors (Lipinski definition) is 3. The largest absolute Gasteiger partial charge is 0.350 e. The van der Waals surface area contributed by atoms with Crippen LogP contribution in [0.1, 0.15) is 47.3 Å². The lowest BCUT2D eigenvalue weighted by atomic mass is 9.83. The van der Waals surface area contributed by atoms with Crippen LogP contribution in [0.5, 0.6) is 0 Å². The summed E-state index contributed by atoms with van der Waals surface area (Å²) in [5, 5.41) is 7.91.